The van der Waals surface area contributed by atoms with Crippen molar-refractivity contribution in [3.8, 4) is 0 Å². The van der Waals surface area contributed by atoms with Crippen molar-refractivity contribution in [1.29, 1.82) is 0 Å². The average Bonchev–Trinajstić information content (AvgIpc) is 3.02. The number of carbonyl (C=O) groups is 1. The van der Waals surface area contributed by atoms with Crippen LogP contribution in [0.2, 0.25) is 0 Å². The molecular formula is C12H22N2O2. The van der Waals surface area contributed by atoms with E-state index in [4.69, 9.17) is 0 Å². The summed E-state index contributed by atoms with van der Waals surface area (Å²) in [5, 5.41) is 9.31. The monoisotopic (exact) mass is 226 g/mol. The highest BCUT2D eigenvalue weighted by molar-refractivity contribution is 5.74. The summed E-state index contributed by atoms with van der Waals surface area (Å²) in [5.74, 6) is -0.208. The molecule has 0 bridgehead atoms. The fourth-order valence-electron chi connectivity index (χ4n) is 2.73. The van der Waals surface area contributed by atoms with Crippen molar-refractivity contribution in [1.82, 2.24) is 9.80 Å². The van der Waals surface area contributed by atoms with E-state index in [0.29, 0.717) is 12.0 Å². The molecular weight excluding hydrogens is 204 g/mol. The number of rotatable bonds is 4. The van der Waals surface area contributed by atoms with Crippen molar-refractivity contribution >= 4 is 5.97 Å². The molecule has 2 aliphatic rings. The van der Waals surface area contributed by atoms with E-state index in [9.17, 15) is 9.90 Å². The maximum Gasteiger partial charge on any atom is 0.321 e. The minimum absolute atomic E-state index is 0.220. The second-order valence-electron chi connectivity index (χ2n) is 5.38. The van der Waals surface area contributed by atoms with E-state index in [-0.39, 0.29) is 6.04 Å². The lowest BCUT2D eigenvalue weighted by atomic mass is 10.0. The first-order valence-electron chi connectivity index (χ1n) is 6.23. The summed E-state index contributed by atoms with van der Waals surface area (Å²) in [7, 11) is 4.17. The zero-order valence-corrected chi connectivity index (χ0v) is 10.2. The van der Waals surface area contributed by atoms with E-state index in [0.717, 1.165) is 32.4 Å². The van der Waals surface area contributed by atoms with Crippen LogP contribution < -0.4 is 0 Å². The van der Waals surface area contributed by atoms with Gasteiger partial charge >= 0.3 is 5.97 Å². The molecule has 2 atom stereocenters. The molecule has 4 heteroatoms. The predicted octanol–water partition coefficient (Wildman–Crippen LogP) is 0.876. The Morgan fingerprint density at radius 2 is 2.06 bits per heavy atom. The van der Waals surface area contributed by atoms with Gasteiger partial charge in [-0.25, -0.2) is 0 Å². The number of hydrogen-bond donors (Lipinski definition) is 1. The van der Waals surface area contributed by atoms with Crippen molar-refractivity contribution in [2.24, 2.45) is 5.92 Å². The molecule has 2 fully saturated rings. The first-order valence-corrected chi connectivity index (χ1v) is 6.23. The number of aliphatic carboxylic acids is 1. The van der Waals surface area contributed by atoms with Crippen LogP contribution in [0.3, 0.4) is 0 Å². The Morgan fingerprint density at radius 1 is 1.38 bits per heavy atom. The normalized spacial score (nSPS) is 29.3. The number of piperidine rings is 1. The Bertz CT molecular complexity index is 264. The second-order valence-corrected chi connectivity index (χ2v) is 5.38. The molecule has 1 heterocycles. The van der Waals surface area contributed by atoms with E-state index >= 15 is 0 Å². The molecule has 1 saturated carbocycles. The molecule has 0 aromatic carbocycles. The van der Waals surface area contributed by atoms with E-state index in [1.54, 1.807) is 0 Å². The van der Waals surface area contributed by atoms with Gasteiger partial charge < -0.3 is 10.0 Å². The summed E-state index contributed by atoms with van der Waals surface area (Å²) >= 11 is 0. The Balaban J connectivity index is 1.98. The largest absolute Gasteiger partial charge is 0.480 e. The lowest BCUT2D eigenvalue weighted by molar-refractivity contribution is -0.145. The van der Waals surface area contributed by atoms with Crippen molar-refractivity contribution in [3.05, 3.63) is 0 Å². The van der Waals surface area contributed by atoms with Crippen LogP contribution in [-0.2, 0) is 4.79 Å². The van der Waals surface area contributed by atoms with Gasteiger partial charge in [-0.05, 0) is 52.2 Å². The SMILES string of the molecule is CN(C)C1CCCN(C(C(=O)O)C2CC2)C1. The zero-order chi connectivity index (χ0) is 11.7. The van der Waals surface area contributed by atoms with Crippen LogP contribution in [0, 0.1) is 5.92 Å². The molecule has 0 radical (unpaired) electrons. The van der Waals surface area contributed by atoms with Gasteiger partial charge in [0.05, 0.1) is 0 Å². The highest BCUT2D eigenvalue weighted by Crippen LogP contribution is 2.36. The van der Waals surface area contributed by atoms with E-state index in [2.05, 4.69) is 23.9 Å². The van der Waals surface area contributed by atoms with Crippen LogP contribution in [0.4, 0.5) is 0 Å². The minimum atomic E-state index is -0.623. The van der Waals surface area contributed by atoms with Gasteiger partial charge in [0.25, 0.3) is 0 Å². The van der Waals surface area contributed by atoms with Gasteiger partial charge in [0.1, 0.15) is 6.04 Å². The van der Waals surface area contributed by atoms with Gasteiger partial charge in [0.15, 0.2) is 0 Å². The standard InChI is InChI=1S/C12H22N2O2/c1-13(2)10-4-3-7-14(8-10)11(12(15)16)9-5-6-9/h9-11H,3-8H2,1-2H3,(H,15,16). The summed E-state index contributed by atoms with van der Waals surface area (Å²) in [4.78, 5) is 15.7. The number of carboxylic acids is 1. The Morgan fingerprint density at radius 3 is 2.56 bits per heavy atom. The van der Waals surface area contributed by atoms with Gasteiger partial charge in [0.2, 0.25) is 0 Å². The summed E-state index contributed by atoms with van der Waals surface area (Å²) in [5.41, 5.74) is 0. The number of hydrogen-bond acceptors (Lipinski definition) is 3. The van der Waals surface area contributed by atoms with Crippen molar-refractivity contribution < 1.29 is 9.90 Å². The van der Waals surface area contributed by atoms with Crippen molar-refractivity contribution in [2.45, 2.75) is 37.8 Å². The smallest absolute Gasteiger partial charge is 0.321 e. The quantitative estimate of drug-likeness (QED) is 0.772. The minimum Gasteiger partial charge on any atom is -0.480 e. The third-order valence-corrected chi connectivity index (χ3v) is 3.87. The lowest BCUT2D eigenvalue weighted by Crippen LogP contribution is -2.52. The molecule has 2 rings (SSSR count). The summed E-state index contributed by atoms with van der Waals surface area (Å²) in [6.45, 7) is 1.87. The summed E-state index contributed by atoms with van der Waals surface area (Å²) < 4.78 is 0. The molecule has 0 aromatic heterocycles. The van der Waals surface area contributed by atoms with E-state index in [1.165, 1.54) is 6.42 Å². The third-order valence-electron chi connectivity index (χ3n) is 3.87. The number of likely N-dealkylation sites (tertiary alicyclic amines) is 1. The van der Waals surface area contributed by atoms with Crippen molar-refractivity contribution in [3.63, 3.8) is 0 Å². The topological polar surface area (TPSA) is 43.8 Å². The maximum atomic E-state index is 11.3. The van der Waals surface area contributed by atoms with Crippen LogP contribution in [0.25, 0.3) is 0 Å². The van der Waals surface area contributed by atoms with Crippen LogP contribution in [0.1, 0.15) is 25.7 Å². The fourth-order valence-corrected chi connectivity index (χ4v) is 2.73. The molecule has 2 unspecified atom stereocenters. The van der Waals surface area contributed by atoms with Crippen LogP contribution in [0.15, 0.2) is 0 Å². The highest BCUT2D eigenvalue weighted by Gasteiger charge is 2.41. The zero-order valence-electron chi connectivity index (χ0n) is 10.2. The van der Waals surface area contributed by atoms with Gasteiger partial charge in [-0.3, -0.25) is 9.69 Å². The van der Waals surface area contributed by atoms with Gasteiger partial charge in [0, 0.05) is 12.6 Å². The van der Waals surface area contributed by atoms with Crippen molar-refractivity contribution in [2.75, 3.05) is 27.2 Å². The van der Waals surface area contributed by atoms with Gasteiger partial charge in [-0.2, -0.15) is 0 Å². The lowest BCUT2D eigenvalue weighted by Gasteiger charge is -2.39. The molecule has 16 heavy (non-hydrogen) atoms. The predicted molar refractivity (Wildman–Crippen MR) is 62.4 cm³/mol. The maximum absolute atomic E-state index is 11.3. The van der Waals surface area contributed by atoms with Crippen LogP contribution in [-0.4, -0.2) is 60.1 Å². The number of nitrogens with zero attached hydrogens (tertiary/aromatic N) is 2. The van der Waals surface area contributed by atoms with E-state index < -0.39 is 5.97 Å². The second kappa shape index (κ2) is 4.72. The Labute approximate surface area is 97.2 Å². The number of carboxylic acid groups (broad SMARTS) is 1. The summed E-state index contributed by atoms with van der Waals surface area (Å²) in [6.07, 6.45) is 4.51. The Kier molecular flexibility index (Phi) is 3.50. The first-order chi connectivity index (χ1) is 7.59. The van der Waals surface area contributed by atoms with Crippen LogP contribution in [0.5, 0.6) is 0 Å². The van der Waals surface area contributed by atoms with Gasteiger partial charge in [-0.1, -0.05) is 0 Å². The summed E-state index contributed by atoms with van der Waals surface area (Å²) in [6, 6.07) is 0.303. The molecule has 1 aliphatic heterocycles. The number of likely N-dealkylation sites (N-methyl/N-ethyl adjacent to an activating group) is 1. The fraction of sp³-hybridized carbons (Fsp3) is 0.917. The molecule has 92 valence electrons. The van der Waals surface area contributed by atoms with Gasteiger partial charge in [-0.15, -0.1) is 0 Å². The molecule has 1 saturated heterocycles. The average molecular weight is 226 g/mol. The molecule has 0 spiro atoms. The molecule has 1 aliphatic carbocycles. The van der Waals surface area contributed by atoms with E-state index in [1.807, 2.05) is 0 Å². The molecule has 0 aromatic rings. The highest BCUT2D eigenvalue weighted by atomic mass is 16.4. The Hall–Kier alpha value is -0.610. The molecule has 0 amide bonds. The molecule has 4 nitrogen and oxygen atoms in total. The first kappa shape index (κ1) is 11.9. The third kappa shape index (κ3) is 2.55. The van der Waals surface area contributed by atoms with Crippen LogP contribution >= 0.6 is 0 Å². The molecule has 1 N–H and O–H groups in total.